The van der Waals surface area contributed by atoms with Crippen LogP contribution in [0.15, 0.2) is 18.3 Å². The SMILES string of the molecule is COCCNc1ccc(C(=O)N2CCCCC2)nc1. The van der Waals surface area contributed by atoms with Gasteiger partial charge in [-0.15, -0.1) is 0 Å². The number of pyridine rings is 1. The van der Waals surface area contributed by atoms with Gasteiger partial charge in [0.15, 0.2) is 0 Å². The Kier molecular flexibility index (Phi) is 5.15. The maximum atomic E-state index is 12.2. The van der Waals surface area contributed by atoms with E-state index in [1.165, 1.54) is 6.42 Å². The Morgan fingerprint density at radius 3 is 2.79 bits per heavy atom. The number of amides is 1. The lowest BCUT2D eigenvalue weighted by Gasteiger charge is -2.26. The van der Waals surface area contributed by atoms with Gasteiger partial charge < -0.3 is 15.0 Å². The Morgan fingerprint density at radius 1 is 1.37 bits per heavy atom. The Hall–Kier alpha value is -1.62. The van der Waals surface area contributed by atoms with E-state index in [1.807, 2.05) is 11.0 Å². The van der Waals surface area contributed by atoms with Gasteiger partial charge in [-0.3, -0.25) is 4.79 Å². The highest BCUT2D eigenvalue weighted by Crippen LogP contribution is 2.13. The maximum absolute atomic E-state index is 12.2. The van der Waals surface area contributed by atoms with Crippen LogP contribution in [0.1, 0.15) is 29.8 Å². The van der Waals surface area contributed by atoms with E-state index >= 15 is 0 Å². The number of nitrogens with one attached hydrogen (secondary N) is 1. The molecule has 104 valence electrons. The zero-order valence-electron chi connectivity index (χ0n) is 11.4. The van der Waals surface area contributed by atoms with Crippen LogP contribution in [-0.2, 0) is 4.74 Å². The van der Waals surface area contributed by atoms with Gasteiger partial charge in [-0.1, -0.05) is 0 Å². The molecule has 0 aromatic carbocycles. The fraction of sp³-hybridized carbons (Fsp3) is 0.571. The summed E-state index contributed by atoms with van der Waals surface area (Å²) in [5.74, 6) is 0.0446. The van der Waals surface area contributed by atoms with Gasteiger partial charge in [-0.05, 0) is 31.4 Å². The molecule has 1 aromatic heterocycles. The number of hydrogen-bond acceptors (Lipinski definition) is 4. The molecule has 1 N–H and O–H groups in total. The van der Waals surface area contributed by atoms with E-state index in [0.717, 1.165) is 38.2 Å². The van der Waals surface area contributed by atoms with Gasteiger partial charge in [-0.25, -0.2) is 4.98 Å². The first-order valence-electron chi connectivity index (χ1n) is 6.79. The molecular weight excluding hydrogens is 242 g/mol. The van der Waals surface area contributed by atoms with E-state index in [2.05, 4.69) is 10.3 Å². The summed E-state index contributed by atoms with van der Waals surface area (Å²) in [5.41, 5.74) is 1.44. The molecule has 0 spiro atoms. The molecule has 2 rings (SSSR count). The van der Waals surface area contributed by atoms with Crippen molar-refractivity contribution in [3.05, 3.63) is 24.0 Å². The van der Waals surface area contributed by atoms with E-state index < -0.39 is 0 Å². The van der Waals surface area contributed by atoms with Gasteiger partial charge in [0, 0.05) is 26.7 Å². The quantitative estimate of drug-likeness (QED) is 0.823. The van der Waals surface area contributed by atoms with Crippen LogP contribution in [0, 0.1) is 0 Å². The second kappa shape index (κ2) is 7.09. The van der Waals surface area contributed by atoms with Crippen molar-refractivity contribution in [2.75, 3.05) is 38.7 Å². The number of rotatable bonds is 5. The molecule has 0 radical (unpaired) electrons. The zero-order valence-corrected chi connectivity index (χ0v) is 11.4. The lowest BCUT2D eigenvalue weighted by molar-refractivity contribution is 0.0718. The smallest absolute Gasteiger partial charge is 0.272 e. The van der Waals surface area contributed by atoms with Crippen LogP contribution in [0.5, 0.6) is 0 Å². The van der Waals surface area contributed by atoms with E-state index in [9.17, 15) is 4.79 Å². The van der Waals surface area contributed by atoms with Crippen molar-refractivity contribution in [1.29, 1.82) is 0 Å². The standard InChI is InChI=1S/C14H21N3O2/c1-19-10-7-15-12-5-6-13(16-11-12)14(18)17-8-3-2-4-9-17/h5-6,11,15H,2-4,7-10H2,1H3. The first-order valence-corrected chi connectivity index (χ1v) is 6.79. The third-order valence-corrected chi connectivity index (χ3v) is 3.26. The second-order valence-corrected chi connectivity index (χ2v) is 4.70. The molecule has 5 heteroatoms. The second-order valence-electron chi connectivity index (χ2n) is 4.70. The first-order chi connectivity index (χ1) is 9.31. The van der Waals surface area contributed by atoms with E-state index in [1.54, 1.807) is 19.4 Å². The predicted molar refractivity (Wildman–Crippen MR) is 74.4 cm³/mol. The summed E-state index contributed by atoms with van der Waals surface area (Å²) < 4.78 is 4.96. The normalized spacial score (nSPS) is 15.3. The summed E-state index contributed by atoms with van der Waals surface area (Å²) in [6.45, 7) is 3.09. The largest absolute Gasteiger partial charge is 0.383 e. The summed E-state index contributed by atoms with van der Waals surface area (Å²) in [5, 5.41) is 3.18. The molecular formula is C14H21N3O2. The first kappa shape index (κ1) is 13.8. The molecule has 0 unspecified atom stereocenters. The van der Waals surface area contributed by atoms with Crippen molar-refractivity contribution in [3.63, 3.8) is 0 Å². The molecule has 0 saturated carbocycles. The fourth-order valence-electron chi connectivity index (χ4n) is 2.18. The number of piperidine rings is 1. The molecule has 0 bridgehead atoms. The lowest BCUT2D eigenvalue weighted by atomic mass is 10.1. The molecule has 1 saturated heterocycles. The zero-order chi connectivity index (χ0) is 13.5. The number of aromatic nitrogens is 1. The number of carbonyl (C=O) groups is 1. The van der Waals surface area contributed by atoms with Gasteiger partial charge in [0.05, 0.1) is 18.5 Å². The molecule has 19 heavy (non-hydrogen) atoms. The highest BCUT2D eigenvalue weighted by molar-refractivity contribution is 5.92. The third-order valence-electron chi connectivity index (χ3n) is 3.26. The number of ether oxygens (including phenoxy) is 1. The average molecular weight is 263 g/mol. The molecule has 1 aromatic rings. The molecule has 2 heterocycles. The maximum Gasteiger partial charge on any atom is 0.272 e. The molecule has 0 aliphatic carbocycles. The Labute approximate surface area is 114 Å². The van der Waals surface area contributed by atoms with Crippen LogP contribution >= 0.6 is 0 Å². The number of likely N-dealkylation sites (tertiary alicyclic amines) is 1. The summed E-state index contributed by atoms with van der Waals surface area (Å²) in [4.78, 5) is 18.3. The minimum Gasteiger partial charge on any atom is -0.383 e. The van der Waals surface area contributed by atoms with Crippen LogP contribution < -0.4 is 5.32 Å². The third kappa shape index (κ3) is 3.92. The van der Waals surface area contributed by atoms with Crippen molar-refractivity contribution in [1.82, 2.24) is 9.88 Å². The monoisotopic (exact) mass is 263 g/mol. The van der Waals surface area contributed by atoms with Gasteiger partial charge in [0.1, 0.15) is 5.69 Å². The van der Waals surface area contributed by atoms with Crippen LogP contribution in [-0.4, -0.2) is 49.1 Å². The van der Waals surface area contributed by atoms with E-state index in [0.29, 0.717) is 12.3 Å². The minimum absolute atomic E-state index is 0.0446. The van der Waals surface area contributed by atoms with Gasteiger partial charge in [0.25, 0.3) is 5.91 Å². The number of methoxy groups -OCH3 is 1. The van der Waals surface area contributed by atoms with Crippen molar-refractivity contribution >= 4 is 11.6 Å². The number of nitrogens with zero attached hydrogens (tertiary/aromatic N) is 2. The predicted octanol–water partition coefficient (Wildman–Crippen LogP) is 1.77. The lowest BCUT2D eigenvalue weighted by Crippen LogP contribution is -2.36. The Balaban J connectivity index is 1.91. The van der Waals surface area contributed by atoms with Crippen LogP contribution in [0.2, 0.25) is 0 Å². The Morgan fingerprint density at radius 2 is 2.16 bits per heavy atom. The van der Waals surface area contributed by atoms with Gasteiger partial charge in [0.2, 0.25) is 0 Å². The fourth-order valence-corrected chi connectivity index (χ4v) is 2.18. The topological polar surface area (TPSA) is 54.5 Å². The molecule has 5 nitrogen and oxygen atoms in total. The van der Waals surface area contributed by atoms with Crippen LogP contribution in [0.3, 0.4) is 0 Å². The highest BCUT2D eigenvalue weighted by Gasteiger charge is 2.18. The van der Waals surface area contributed by atoms with Gasteiger partial charge in [-0.2, -0.15) is 0 Å². The van der Waals surface area contributed by atoms with Crippen LogP contribution in [0.4, 0.5) is 5.69 Å². The number of carbonyl (C=O) groups excluding carboxylic acids is 1. The van der Waals surface area contributed by atoms with Crippen molar-refractivity contribution in [3.8, 4) is 0 Å². The number of hydrogen-bond donors (Lipinski definition) is 1. The van der Waals surface area contributed by atoms with Crippen molar-refractivity contribution in [2.45, 2.75) is 19.3 Å². The summed E-state index contributed by atoms with van der Waals surface area (Å²) in [6, 6.07) is 3.67. The molecule has 1 fully saturated rings. The molecule has 1 aliphatic heterocycles. The average Bonchev–Trinajstić information content (AvgIpc) is 2.48. The van der Waals surface area contributed by atoms with Crippen molar-refractivity contribution < 1.29 is 9.53 Å². The number of anilines is 1. The van der Waals surface area contributed by atoms with E-state index in [-0.39, 0.29) is 5.91 Å². The summed E-state index contributed by atoms with van der Waals surface area (Å²) in [6.07, 6.45) is 5.12. The van der Waals surface area contributed by atoms with Crippen LogP contribution in [0.25, 0.3) is 0 Å². The van der Waals surface area contributed by atoms with Crippen molar-refractivity contribution in [2.24, 2.45) is 0 Å². The summed E-state index contributed by atoms with van der Waals surface area (Å²) in [7, 11) is 1.67. The van der Waals surface area contributed by atoms with E-state index in [4.69, 9.17) is 4.74 Å². The highest BCUT2D eigenvalue weighted by atomic mass is 16.5. The van der Waals surface area contributed by atoms with Gasteiger partial charge >= 0.3 is 0 Å². The molecule has 1 aliphatic rings. The summed E-state index contributed by atoms with van der Waals surface area (Å²) >= 11 is 0. The molecule has 1 amide bonds. The minimum atomic E-state index is 0.0446. The Bertz CT molecular complexity index is 400. The molecule has 0 atom stereocenters.